The van der Waals surface area contributed by atoms with Gasteiger partial charge in [-0.05, 0) is 25.7 Å². The van der Waals surface area contributed by atoms with Crippen molar-refractivity contribution in [2.45, 2.75) is 70.6 Å². The van der Waals surface area contributed by atoms with Crippen LogP contribution in [0, 0.1) is 11.8 Å². The SMILES string of the molecule is O=C1C2CCCCCCCCC[C@H](CC2)C(=O)N1O[SH](=O)=O. The average Bonchev–Trinajstić information content (AvgIpc) is 2.58. The van der Waals surface area contributed by atoms with Crippen LogP contribution in [0.25, 0.3) is 0 Å². The molecule has 7 heteroatoms. The average molecular weight is 331 g/mol. The highest BCUT2D eigenvalue weighted by atomic mass is 32.2. The molecule has 1 saturated carbocycles. The van der Waals surface area contributed by atoms with E-state index in [9.17, 15) is 18.0 Å². The summed E-state index contributed by atoms with van der Waals surface area (Å²) in [6.45, 7) is 0. The quantitative estimate of drug-likeness (QED) is 0.620. The predicted molar refractivity (Wildman–Crippen MR) is 81.0 cm³/mol. The van der Waals surface area contributed by atoms with Crippen LogP contribution in [0.1, 0.15) is 70.6 Å². The van der Waals surface area contributed by atoms with Crippen LogP contribution in [0.2, 0.25) is 0 Å². The number of thiol groups is 1. The zero-order valence-corrected chi connectivity index (χ0v) is 13.8. The van der Waals surface area contributed by atoms with E-state index in [1.54, 1.807) is 0 Å². The lowest BCUT2D eigenvalue weighted by Crippen LogP contribution is -2.41. The Kier molecular flexibility index (Phi) is 6.82. The smallest absolute Gasteiger partial charge is 0.272 e. The van der Waals surface area contributed by atoms with E-state index in [1.165, 1.54) is 19.3 Å². The Hall–Kier alpha value is -0.950. The van der Waals surface area contributed by atoms with Crippen molar-refractivity contribution in [3.8, 4) is 0 Å². The molecule has 1 heterocycles. The van der Waals surface area contributed by atoms with Crippen LogP contribution >= 0.6 is 0 Å². The van der Waals surface area contributed by atoms with E-state index < -0.39 is 22.8 Å². The fraction of sp³-hybridized carbons (Fsp3) is 0.867. The first-order valence-corrected chi connectivity index (χ1v) is 9.39. The first-order chi connectivity index (χ1) is 10.6. The Bertz CT molecular complexity index is 439. The van der Waals surface area contributed by atoms with Crippen molar-refractivity contribution in [2.75, 3.05) is 0 Å². The number of fused-ring (bicyclic) bond motifs is 3. The first-order valence-electron chi connectivity index (χ1n) is 8.30. The summed E-state index contributed by atoms with van der Waals surface area (Å²) in [7, 11) is -3.26. The van der Waals surface area contributed by atoms with E-state index in [0.29, 0.717) is 30.7 Å². The van der Waals surface area contributed by atoms with Crippen molar-refractivity contribution in [3.63, 3.8) is 0 Å². The second-order valence-corrected chi connectivity index (χ2v) is 6.91. The number of imide groups is 1. The summed E-state index contributed by atoms with van der Waals surface area (Å²) >= 11 is 0. The van der Waals surface area contributed by atoms with Crippen LogP contribution in [0.15, 0.2) is 0 Å². The van der Waals surface area contributed by atoms with Gasteiger partial charge in [0, 0.05) is 11.8 Å². The third-order valence-corrected chi connectivity index (χ3v) is 5.01. The number of hydrogen-bond donors (Lipinski definition) is 1. The molecule has 2 aliphatic rings. The predicted octanol–water partition coefficient (Wildman–Crippen LogP) is 2.35. The first kappa shape index (κ1) is 17.4. The molecule has 1 aliphatic carbocycles. The molecule has 1 aliphatic heterocycles. The molecule has 2 fully saturated rings. The van der Waals surface area contributed by atoms with Gasteiger partial charge in [-0.15, -0.1) is 9.35 Å². The maximum atomic E-state index is 12.4. The second kappa shape index (κ2) is 8.62. The summed E-state index contributed by atoms with van der Waals surface area (Å²) in [4.78, 5) is 24.9. The molecular weight excluding hydrogens is 306 g/mol. The van der Waals surface area contributed by atoms with E-state index in [1.807, 2.05) is 0 Å². The number of carbonyl (C=O) groups excluding carboxylic acids is 2. The maximum absolute atomic E-state index is 12.4. The third-order valence-electron chi connectivity index (χ3n) is 4.72. The molecule has 0 spiro atoms. The normalized spacial score (nSPS) is 28.9. The van der Waals surface area contributed by atoms with Gasteiger partial charge >= 0.3 is 0 Å². The zero-order chi connectivity index (χ0) is 15.9. The van der Waals surface area contributed by atoms with Gasteiger partial charge in [-0.25, -0.2) is 8.42 Å². The minimum absolute atomic E-state index is 0.301. The van der Waals surface area contributed by atoms with Crippen molar-refractivity contribution in [1.29, 1.82) is 0 Å². The summed E-state index contributed by atoms with van der Waals surface area (Å²) in [6, 6.07) is 0. The van der Waals surface area contributed by atoms with E-state index in [-0.39, 0.29) is 11.8 Å². The van der Waals surface area contributed by atoms with Gasteiger partial charge < -0.3 is 0 Å². The van der Waals surface area contributed by atoms with Crippen LogP contribution in [-0.2, 0) is 24.9 Å². The maximum Gasteiger partial charge on any atom is 0.278 e. The molecule has 2 atom stereocenters. The molecule has 1 unspecified atom stereocenters. The van der Waals surface area contributed by atoms with Crippen LogP contribution in [-0.4, -0.2) is 25.3 Å². The summed E-state index contributed by atoms with van der Waals surface area (Å²) in [5, 5.41) is 0.528. The standard InChI is InChI=1S/C15H25NO5S/c17-14-12-8-6-4-2-1-3-5-7-9-13(11-10-12)15(18)16(14)21-22(19)20/h12-13,22H,1-11H2/t12-,13?/m1/s1. The largest absolute Gasteiger partial charge is 0.278 e. The van der Waals surface area contributed by atoms with Crippen LogP contribution in [0.5, 0.6) is 0 Å². The molecule has 2 rings (SSSR count). The molecule has 126 valence electrons. The molecule has 2 amide bonds. The lowest BCUT2D eigenvalue weighted by molar-refractivity contribution is -0.175. The molecule has 0 aromatic rings. The van der Waals surface area contributed by atoms with E-state index in [0.717, 1.165) is 25.7 Å². The lowest BCUT2D eigenvalue weighted by atomic mass is 9.91. The van der Waals surface area contributed by atoms with Gasteiger partial charge in [0.15, 0.2) is 0 Å². The Labute approximate surface area is 133 Å². The highest BCUT2D eigenvalue weighted by Crippen LogP contribution is 2.30. The number of nitrogens with zero attached hydrogens (tertiary/aromatic N) is 1. The van der Waals surface area contributed by atoms with Gasteiger partial charge in [-0.3, -0.25) is 9.59 Å². The minimum atomic E-state index is -3.26. The molecule has 2 bridgehead atoms. The van der Waals surface area contributed by atoms with Crippen LogP contribution in [0.4, 0.5) is 0 Å². The fourth-order valence-corrected chi connectivity index (χ4v) is 3.73. The monoisotopic (exact) mass is 331 g/mol. The lowest BCUT2D eigenvalue weighted by Gasteiger charge is -2.20. The molecule has 0 aromatic carbocycles. The second-order valence-electron chi connectivity index (χ2n) is 6.30. The number of carbonyl (C=O) groups is 2. The van der Waals surface area contributed by atoms with Crippen molar-refractivity contribution in [2.24, 2.45) is 11.8 Å². The highest BCUT2D eigenvalue weighted by Gasteiger charge is 2.38. The number of rotatable bonds is 2. The summed E-state index contributed by atoms with van der Waals surface area (Å²) in [5.74, 6) is -1.57. The fourth-order valence-electron chi connectivity index (χ4n) is 3.44. The van der Waals surface area contributed by atoms with Crippen molar-refractivity contribution in [1.82, 2.24) is 5.06 Å². The summed E-state index contributed by atoms with van der Waals surface area (Å²) in [6.07, 6.45) is 10.3. The van der Waals surface area contributed by atoms with Gasteiger partial charge in [-0.2, -0.15) is 0 Å². The summed E-state index contributed by atoms with van der Waals surface area (Å²) < 4.78 is 26.2. The van der Waals surface area contributed by atoms with Crippen LogP contribution in [0.3, 0.4) is 0 Å². The molecule has 0 aromatic heterocycles. The molecule has 0 N–H and O–H groups in total. The van der Waals surface area contributed by atoms with E-state index in [4.69, 9.17) is 0 Å². The van der Waals surface area contributed by atoms with Crippen molar-refractivity contribution >= 4 is 22.8 Å². The van der Waals surface area contributed by atoms with Crippen LogP contribution < -0.4 is 0 Å². The Balaban J connectivity index is 2.17. The highest BCUT2D eigenvalue weighted by molar-refractivity contribution is 7.67. The van der Waals surface area contributed by atoms with E-state index in [2.05, 4.69) is 4.28 Å². The number of hydroxylamine groups is 2. The number of amides is 2. The summed E-state index contributed by atoms with van der Waals surface area (Å²) in [5.41, 5.74) is 0. The van der Waals surface area contributed by atoms with E-state index >= 15 is 0 Å². The molecule has 1 saturated heterocycles. The molecule has 0 radical (unpaired) electrons. The van der Waals surface area contributed by atoms with Gasteiger partial charge in [0.1, 0.15) is 0 Å². The molecule has 6 nitrogen and oxygen atoms in total. The Morgan fingerprint density at radius 1 is 0.727 bits per heavy atom. The topological polar surface area (TPSA) is 80.8 Å². The van der Waals surface area contributed by atoms with Gasteiger partial charge in [0.05, 0.1) is 0 Å². The zero-order valence-electron chi connectivity index (χ0n) is 12.9. The van der Waals surface area contributed by atoms with Crippen molar-refractivity contribution < 1.29 is 22.3 Å². The molecular formula is C15H25NO5S. The van der Waals surface area contributed by atoms with Gasteiger partial charge in [0.2, 0.25) is 0 Å². The van der Waals surface area contributed by atoms with Gasteiger partial charge in [0.25, 0.3) is 22.8 Å². The third kappa shape index (κ3) is 4.78. The Morgan fingerprint density at radius 3 is 1.55 bits per heavy atom. The number of hydrogen-bond acceptors (Lipinski definition) is 5. The van der Waals surface area contributed by atoms with Crippen molar-refractivity contribution in [3.05, 3.63) is 0 Å². The Morgan fingerprint density at radius 2 is 1.14 bits per heavy atom. The molecule has 22 heavy (non-hydrogen) atoms. The van der Waals surface area contributed by atoms with Gasteiger partial charge in [-0.1, -0.05) is 44.9 Å². The minimum Gasteiger partial charge on any atom is -0.272 e.